The number of fused-ring (bicyclic) bond motifs is 3. The van der Waals surface area contributed by atoms with Gasteiger partial charge in [-0.15, -0.1) is 0 Å². The van der Waals surface area contributed by atoms with E-state index in [0.717, 1.165) is 44.8 Å². The Morgan fingerprint density at radius 1 is 1.12 bits per heavy atom. The molecular formula is C34H54O4SSi. The molecular weight excluding hydrogens is 533 g/mol. The van der Waals surface area contributed by atoms with Gasteiger partial charge in [0.1, 0.15) is 5.78 Å². The lowest BCUT2D eigenvalue weighted by atomic mass is 9.60. The van der Waals surface area contributed by atoms with Gasteiger partial charge >= 0.3 is 0 Å². The van der Waals surface area contributed by atoms with Crippen molar-refractivity contribution in [2.75, 3.05) is 6.61 Å². The van der Waals surface area contributed by atoms with Gasteiger partial charge in [-0.3, -0.25) is 4.79 Å². The smallest absolute Gasteiger partial charge is 0.201 e. The van der Waals surface area contributed by atoms with Crippen molar-refractivity contribution in [1.82, 2.24) is 0 Å². The molecule has 6 heteroatoms. The van der Waals surface area contributed by atoms with E-state index in [9.17, 15) is 4.79 Å². The number of hydrogen-bond donors (Lipinski definition) is 0. The van der Waals surface area contributed by atoms with Crippen molar-refractivity contribution in [3.05, 3.63) is 23.3 Å². The zero-order valence-electron chi connectivity index (χ0n) is 26.4. The molecule has 2 saturated heterocycles. The number of hydrogen-bond acceptors (Lipinski definition) is 5. The first-order chi connectivity index (χ1) is 18.9. The van der Waals surface area contributed by atoms with E-state index in [1.165, 1.54) is 24.0 Å². The zero-order valence-corrected chi connectivity index (χ0v) is 28.2. The second kappa shape index (κ2) is 10.4. The second-order valence-corrected chi connectivity index (χ2v) is 22.1. The molecule has 4 fully saturated rings. The minimum atomic E-state index is -2.15. The molecule has 4 nitrogen and oxygen atoms in total. The molecule has 40 heavy (non-hydrogen) atoms. The Balaban J connectivity index is 1.35. The maximum absolute atomic E-state index is 13.0. The first-order valence-corrected chi connectivity index (χ1v) is 19.7. The normalized spacial score (nSPS) is 45.7. The number of thioether (sulfide) groups is 1. The average Bonchev–Trinajstić information content (AvgIpc) is 3.26. The number of ketones is 1. The van der Waals surface area contributed by atoms with Gasteiger partial charge < -0.3 is 13.9 Å². The average molecular weight is 587 g/mol. The third-order valence-electron chi connectivity index (χ3n) is 12.3. The lowest BCUT2D eigenvalue weighted by molar-refractivity contribution is -0.166. The standard InChI is InChI=1S/C34H54O4SSi/c1-21(2)39-24(6)9-10-25(7)40(22(3)4)18-17-36-30-23(5)20-33-15-16-34(38-33)26(19-27(33)31(30)37-40)13-14-32(8)28(34)11-12-29(32)35/h13,19,21-25,28,30-31H,9-12,14-18,20H2,1-8H3. The second-order valence-electron chi connectivity index (χ2n) is 15.3. The van der Waals surface area contributed by atoms with Gasteiger partial charge in [0.2, 0.25) is 8.32 Å². The molecule has 6 rings (SSSR count). The van der Waals surface area contributed by atoms with Crippen LogP contribution in [0, 0.1) is 17.3 Å². The van der Waals surface area contributed by atoms with Crippen LogP contribution in [-0.2, 0) is 18.7 Å². The highest BCUT2D eigenvalue weighted by Gasteiger charge is 2.69. The summed E-state index contributed by atoms with van der Waals surface area (Å²) in [6.07, 6.45) is 13.1. The van der Waals surface area contributed by atoms with Crippen LogP contribution in [0.5, 0.6) is 0 Å². The van der Waals surface area contributed by atoms with Gasteiger partial charge in [-0.2, -0.15) is 11.8 Å². The summed E-state index contributed by atoms with van der Waals surface area (Å²) in [4.78, 5) is 13.0. The quantitative estimate of drug-likeness (QED) is 0.280. The van der Waals surface area contributed by atoms with E-state index in [1.54, 1.807) is 0 Å². The summed E-state index contributed by atoms with van der Waals surface area (Å²) in [7, 11) is -2.15. The van der Waals surface area contributed by atoms with Crippen LogP contribution >= 0.6 is 11.8 Å². The van der Waals surface area contributed by atoms with Gasteiger partial charge in [0.05, 0.1) is 23.4 Å². The Morgan fingerprint density at radius 2 is 1.90 bits per heavy atom. The van der Waals surface area contributed by atoms with E-state index >= 15 is 0 Å². The van der Waals surface area contributed by atoms with Gasteiger partial charge in [-0.25, -0.2) is 0 Å². The van der Waals surface area contributed by atoms with Crippen molar-refractivity contribution in [2.24, 2.45) is 17.3 Å². The van der Waals surface area contributed by atoms with E-state index in [0.29, 0.717) is 45.6 Å². The Kier molecular flexibility index (Phi) is 7.68. The molecule has 6 aliphatic rings. The summed E-state index contributed by atoms with van der Waals surface area (Å²) in [5, 5.41) is 1.36. The molecule has 3 aliphatic heterocycles. The number of rotatable bonds is 7. The summed E-state index contributed by atoms with van der Waals surface area (Å²) < 4.78 is 21.9. The van der Waals surface area contributed by atoms with Crippen LogP contribution in [0.3, 0.4) is 0 Å². The van der Waals surface area contributed by atoms with E-state index in [1.807, 2.05) is 0 Å². The van der Waals surface area contributed by atoms with Crippen LogP contribution in [0.15, 0.2) is 23.3 Å². The van der Waals surface area contributed by atoms with E-state index in [-0.39, 0.29) is 28.8 Å². The monoisotopic (exact) mass is 586 g/mol. The molecule has 0 amide bonds. The van der Waals surface area contributed by atoms with Crippen LogP contribution < -0.4 is 0 Å². The summed E-state index contributed by atoms with van der Waals surface area (Å²) in [6, 6.07) is 1.09. The molecule has 0 aromatic rings. The first-order valence-electron chi connectivity index (χ1n) is 16.5. The predicted molar refractivity (Wildman–Crippen MR) is 167 cm³/mol. The van der Waals surface area contributed by atoms with Crippen molar-refractivity contribution in [1.29, 1.82) is 0 Å². The molecule has 0 N–H and O–H groups in total. The Hall–Kier alpha value is -0.403. The number of carbonyl (C=O) groups excluding carboxylic acids is 1. The van der Waals surface area contributed by atoms with Gasteiger partial charge in [0, 0.05) is 29.6 Å². The molecule has 0 aromatic carbocycles. The topological polar surface area (TPSA) is 44.8 Å². The largest absolute Gasteiger partial charge is 0.407 e. The van der Waals surface area contributed by atoms with E-state index < -0.39 is 8.32 Å². The van der Waals surface area contributed by atoms with Crippen LogP contribution in [0.1, 0.15) is 107 Å². The molecule has 3 aliphatic carbocycles. The highest BCUT2D eigenvalue weighted by atomic mass is 32.2. The van der Waals surface area contributed by atoms with E-state index in [2.05, 4.69) is 79.3 Å². The van der Waals surface area contributed by atoms with Crippen molar-refractivity contribution in [3.8, 4) is 0 Å². The van der Waals surface area contributed by atoms with Crippen molar-refractivity contribution in [2.45, 2.75) is 158 Å². The van der Waals surface area contributed by atoms with Crippen molar-refractivity contribution < 1.29 is 18.7 Å². The fourth-order valence-electron chi connectivity index (χ4n) is 10.1. The molecule has 10 unspecified atom stereocenters. The molecule has 224 valence electrons. The third-order valence-corrected chi connectivity index (χ3v) is 19.1. The minimum Gasteiger partial charge on any atom is -0.407 e. The Bertz CT molecular complexity index is 1090. The molecule has 3 heterocycles. The SMILES string of the molecule is CC(C)SC(C)CCC(C)[Si]1(C(C)C)CCOC2C(C)CC34CCC5(O3)C(=CCC3(C)C(=O)CCC35)C=C4C2O1. The van der Waals surface area contributed by atoms with Crippen LogP contribution in [0.25, 0.3) is 0 Å². The number of carbonyl (C=O) groups is 1. The molecule has 10 atom stereocenters. The minimum absolute atomic E-state index is 0.0132. The predicted octanol–water partition coefficient (Wildman–Crippen LogP) is 8.41. The Morgan fingerprint density at radius 3 is 2.62 bits per heavy atom. The molecule has 2 saturated carbocycles. The first kappa shape index (κ1) is 29.7. The van der Waals surface area contributed by atoms with Crippen LogP contribution in [-0.4, -0.2) is 54.6 Å². The molecule has 0 radical (unpaired) electrons. The molecule has 2 spiro atoms. The third kappa shape index (κ3) is 4.35. The van der Waals surface area contributed by atoms with Gasteiger partial charge in [0.15, 0.2) is 0 Å². The van der Waals surface area contributed by atoms with E-state index in [4.69, 9.17) is 13.9 Å². The summed E-state index contributed by atoms with van der Waals surface area (Å²) in [5.74, 6) is 1.14. The lowest BCUT2D eigenvalue weighted by Gasteiger charge is -2.56. The lowest BCUT2D eigenvalue weighted by Crippen LogP contribution is -2.60. The summed E-state index contributed by atoms with van der Waals surface area (Å²) in [5.41, 5.74) is 3.04. The molecule has 2 bridgehead atoms. The maximum Gasteiger partial charge on any atom is 0.201 e. The summed E-state index contributed by atoms with van der Waals surface area (Å²) >= 11 is 2.11. The number of ether oxygens (including phenoxy) is 2. The van der Waals surface area contributed by atoms with Crippen LogP contribution in [0.4, 0.5) is 0 Å². The zero-order chi connectivity index (χ0) is 28.7. The van der Waals surface area contributed by atoms with Crippen molar-refractivity contribution >= 4 is 25.9 Å². The van der Waals surface area contributed by atoms with Gasteiger partial charge in [-0.05, 0) is 84.4 Å². The number of allylic oxidation sites excluding steroid dienone is 1. The Labute approximate surface area is 248 Å². The maximum atomic E-state index is 13.0. The summed E-state index contributed by atoms with van der Waals surface area (Å²) in [6.45, 7) is 19.8. The highest BCUT2D eigenvalue weighted by molar-refractivity contribution is 8.00. The van der Waals surface area contributed by atoms with Crippen LogP contribution in [0.2, 0.25) is 17.1 Å². The fraction of sp³-hybridized carbons (Fsp3) is 0.853. The molecule has 0 aromatic heterocycles. The van der Waals surface area contributed by atoms with Crippen molar-refractivity contribution in [3.63, 3.8) is 0 Å². The van der Waals surface area contributed by atoms with Gasteiger partial charge in [-0.1, -0.05) is 67.5 Å². The fourth-order valence-corrected chi connectivity index (χ4v) is 16.0. The highest BCUT2D eigenvalue weighted by Crippen LogP contribution is 2.66. The number of Topliss-reactive ketones (excluding diaryl/α,β-unsaturated/α-hetero) is 1. The van der Waals surface area contributed by atoms with Gasteiger partial charge in [0.25, 0.3) is 0 Å².